The average molecular weight is 432 g/mol. The smallest absolute Gasteiger partial charge is 0.309 e. The van der Waals surface area contributed by atoms with Gasteiger partial charge in [-0.15, -0.1) is 0 Å². The molecule has 0 radical (unpaired) electrons. The van der Waals surface area contributed by atoms with E-state index in [1.165, 1.54) is 0 Å². The number of hydrogen-bond acceptors (Lipinski definition) is 5. The molecule has 1 unspecified atom stereocenters. The molecule has 0 saturated heterocycles. The van der Waals surface area contributed by atoms with Crippen LogP contribution in [0.3, 0.4) is 0 Å². The van der Waals surface area contributed by atoms with Crippen molar-refractivity contribution in [3.05, 3.63) is 53.6 Å². The van der Waals surface area contributed by atoms with Crippen molar-refractivity contribution in [1.82, 2.24) is 0 Å². The third-order valence-corrected chi connectivity index (χ3v) is 6.51. The second-order valence-corrected chi connectivity index (χ2v) is 9.35. The van der Waals surface area contributed by atoms with Crippen molar-refractivity contribution in [1.29, 1.82) is 0 Å². The summed E-state index contributed by atoms with van der Waals surface area (Å²) in [5, 5.41) is 0. The van der Waals surface area contributed by atoms with Crippen LogP contribution in [0.4, 0.5) is 5.69 Å². The number of hydrogen-bond donors (Lipinski definition) is 1. The number of unbranched alkanes of at least 4 members (excludes halogenated alkanes) is 2. The first-order chi connectivity index (χ1) is 14.4. The summed E-state index contributed by atoms with van der Waals surface area (Å²) in [5.74, 6) is 1.10. The SMILES string of the molecule is CCCCCS(=O)(=O)Nc1ccc(Oc2cccc3c2CC(C(=O)OCC)C3)cc1. The summed E-state index contributed by atoms with van der Waals surface area (Å²) < 4.78 is 38.1. The topological polar surface area (TPSA) is 81.7 Å². The molecule has 1 aliphatic carbocycles. The van der Waals surface area contributed by atoms with Gasteiger partial charge in [0.15, 0.2) is 0 Å². The summed E-state index contributed by atoms with van der Waals surface area (Å²) in [4.78, 5) is 12.1. The van der Waals surface area contributed by atoms with E-state index < -0.39 is 10.0 Å². The van der Waals surface area contributed by atoms with E-state index in [4.69, 9.17) is 9.47 Å². The van der Waals surface area contributed by atoms with E-state index in [-0.39, 0.29) is 17.6 Å². The highest BCUT2D eigenvalue weighted by atomic mass is 32.2. The highest BCUT2D eigenvalue weighted by molar-refractivity contribution is 7.92. The van der Waals surface area contributed by atoms with Crippen LogP contribution in [0.2, 0.25) is 0 Å². The number of carbonyl (C=O) groups excluding carboxylic acids is 1. The number of rotatable bonds is 10. The van der Waals surface area contributed by atoms with Crippen LogP contribution >= 0.6 is 0 Å². The molecule has 6 nitrogen and oxygen atoms in total. The maximum absolute atomic E-state index is 12.1. The summed E-state index contributed by atoms with van der Waals surface area (Å²) in [6.07, 6.45) is 3.78. The second-order valence-electron chi connectivity index (χ2n) is 7.51. The van der Waals surface area contributed by atoms with Gasteiger partial charge in [0.25, 0.3) is 0 Å². The Hall–Kier alpha value is -2.54. The molecule has 30 heavy (non-hydrogen) atoms. The lowest BCUT2D eigenvalue weighted by atomic mass is 10.1. The van der Waals surface area contributed by atoms with Crippen LogP contribution in [0, 0.1) is 5.92 Å². The summed E-state index contributed by atoms with van der Waals surface area (Å²) in [6.45, 7) is 4.23. The number of carbonyl (C=O) groups is 1. The molecular weight excluding hydrogens is 402 g/mol. The number of nitrogens with one attached hydrogen (secondary N) is 1. The third-order valence-electron chi connectivity index (χ3n) is 5.14. The number of ether oxygens (including phenoxy) is 2. The van der Waals surface area contributed by atoms with Crippen LogP contribution in [0.15, 0.2) is 42.5 Å². The van der Waals surface area contributed by atoms with E-state index in [0.29, 0.717) is 43.1 Å². The van der Waals surface area contributed by atoms with Crippen LogP contribution < -0.4 is 9.46 Å². The van der Waals surface area contributed by atoms with Crippen LogP contribution in [0.5, 0.6) is 11.5 Å². The minimum absolute atomic E-state index is 0.122. The van der Waals surface area contributed by atoms with Crippen LogP contribution in [0.25, 0.3) is 0 Å². The predicted octanol–water partition coefficient (Wildman–Crippen LogP) is 4.69. The Bertz CT molecular complexity index is 970. The molecule has 0 amide bonds. The number of esters is 1. The molecule has 0 fully saturated rings. The molecule has 1 aliphatic rings. The Balaban J connectivity index is 1.65. The molecule has 2 aromatic rings. The molecule has 0 spiro atoms. The fourth-order valence-corrected chi connectivity index (χ4v) is 4.81. The van der Waals surface area contributed by atoms with Crippen molar-refractivity contribution in [3.63, 3.8) is 0 Å². The lowest BCUT2D eigenvalue weighted by Gasteiger charge is -2.12. The standard InChI is InChI=1S/C23H29NO5S/c1-3-5-6-14-30(26,27)24-19-10-12-20(13-11-19)29-22-9-7-8-17-15-18(16-21(17)22)23(25)28-4-2/h7-13,18,24H,3-6,14-16H2,1-2H3. The molecule has 0 aromatic heterocycles. The molecule has 0 bridgehead atoms. The minimum Gasteiger partial charge on any atom is -0.466 e. The maximum Gasteiger partial charge on any atom is 0.309 e. The largest absolute Gasteiger partial charge is 0.466 e. The highest BCUT2D eigenvalue weighted by Crippen LogP contribution is 2.36. The molecular formula is C23H29NO5S. The van der Waals surface area contributed by atoms with Gasteiger partial charge in [0.05, 0.1) is 18.3 Å². The Morgan fingerprint density at radius 1 is 1.07 bits per heavy atom. The third kappa shape index (κ3) is 5.75. The predicted molar refractivity (Wildman–Crippen MR) is 117 cm³/mol. The normalized spacial score (nSPS) is 15.5. The van der Waals surface area contributed by atoms with E-state index in [1.54, 1.807) is 24.3 Å². The Kier molecular flexibility index (Phi) is 7.37. The van der Waals surface area contributed by atoms with Gasteiger partial charge in [0, 0.05) is 5.69 Å². The zero-order valence-corrected chi connectivity index (χ0v) is 18.3. The number of fused-ring (bicyclic) bond motifs is 1. The van der Waals surface area contributed by atoms with Gasteiger partial charge < -0.3 is 9.47 Å². The summed E-state index contributed by atoms with van der Waals surface area (Å²) >= 11 is 0. The van der Waals surface area contributed by atoms with Crippen molar-refractivity contribution < 1.29 is 22.7 Å². The Morgan fingerprint density at radius 3 is 2.53 bits per heavy atom. The zero-order chi connectivity index (χ0) is 21.6. The van der Waals surface area contributed by atoms with Crippen molar-refractivity contribution >= 4 is 21.7 Å². The van der Waals surface area contributed by atoms with Gasteiger partial charge in [-0.2, -0.15) is 0 Å². The molecule has 0 aliphatic heterocycles. The first kappa shape index (κ1) is 22.2. The fourth-order valence-electron chi connectivity index (χ4n) is 3.63. The van der Waals surface area contributed by atoms with Crippen LogP contribution in [0.1, 0.15) is 44.2 Å². The van der Waals surface area contributed by atoms with E-state index in [1.807, 2.05) is 32.0 Å². The molecule has 0 heterocycles. The fraction of sp³-hybridized carbons (Fsp3) is 0.435. The molecule has 2 aromatic carbocycles. The van der Waals surface area contributed by atoms with Crippen molar-refractivity contribution in [2.24, 2.45) is 5.92 Å². The minimum atomic E-state index is -3.34. The number of anilines is 1. The molecule has 0 saturated carbocycles. The maximum atomic E-state index is 12.1. The summed E-state index contributed by atoms with van der Waals surface area (Å²) in [5.41, 5.74) is 2.64. The Labute approximate surface area is 178 Å². The number of benzene rings is 2. The molecule has 1 atom stereocenters. The Morgan fingerprint density at radius 2 is 1.83 bits per heavy atom. The van der Waals surface area contributed by atoms with E-state index >= 15 is 0 Å². The first-order valence-corrected chi connectivity index (χ1v) is 12.1. The first-order valence-electron chi connectivity index (χ1n) is 10.5. The van der Waals surface area contributed by atoms with Crippen molar-refractivity contribution in [3.8, 4) is 11.5 Å². The highest BCUT2D eigenvalue weighted by Gasteiger charge is 2.30. The zero-order valence-electron chi connectivity index (χ0n) is 17.5. The van der Waals surface area contributed by atoms with Crippen molar-refractivity contribution in [2.75, 3.05) is 17.1 Å². The number of sulfonamides is 1. The van der Waals surface area contributed by atoms with Gasteiger partial charge >= 0.3 is 5.97 Å². The van der Waals surface area contributed by atoms with E-state index in [0.717, 1.165) is 24.0 Å². The molecule has 1 N–H and O–H groups in total. The summed E-state index contributed by atoms with van der Waals surface area (Å²) in [7, 11) is -3.34. The second kappa shape index (κ2) is 9.98. The molecule has 3 rings (SSSR count). The molecule has 7 heteroatoms. The van der Waals surface area contributed by atoms with Crippen LogP contribution in [-0.2, 0) is 32.4 Å². The lowest BCUT2D eigenvalue weighted by molar-refractivity contribution is -0.147. The average Bonchev–Trinajstić information content (AvgIpc) is 3.15. The van der Waals surface area contributed by atoms with Gasteiger partial charge in [-0.25, -0.2) is 8.42 Å². The lowest BCUT2D eigenvalue weighted by Crippen LogP contribution is -2.17. The molecule has 162 valence electrons. The quantitative estimate of drug-likeness (QED) is 0.436. The van der Waals surface area contributed by atoms with Crippen molar-refractivity contribution in [2.45, 2.75) is 46.0 Å². The monoisotopic (exact) mass is 431 g/mol. The van der Waals surface area contributed by atoms with E-state index in [2.05, 4.69) is 4.72 Å². The van der Waals surface area contributed by atoms with Gasteiger partial charge in [-0.05, 0) is 67.6 Å². The van der Waals surface area contributed by atoms with Gasteiger partial charge in [0.1, 0.15) is 11.5 Å². The van der Waals surface area contributed by atoms with Gasteiger partial charge in [-0.3, -0.25) is 9.52 Å². The van der Waals surface area contributed by atoms with Gasteiger partial charge in [-0.1, -0.05) is 31.9 Å². The van der Waals surface area contributed by atoms with Gasteiger partial charge in [0.2, 0.25) is 10.0 Å². The van der Waals surface area contributed by atoms with Crippen LogP contribution in [-0.4, -0.2) is 26.7 Å². The summed E-state index contributed by atoms with van der Waals surface area (Å²) in [6, 6.07) is 12.7. The van der Waals surface area contributed by atoms with E-state index in [9.17, 15) is 13.2 Å².